The smallest absolute Gasteiger partial charge is 0.334 e. The third-order valence-electron chi connectivity index (χ3n) is 8.29. The topological polar surface area (TPSA) is 104 Å². The lowest BCUT2D eigenvalue weighted by molar-refractivity contribution is -0.145. The van der Waals surface area contributed by atoms with Crippen LogP contribution in [0.15, 0.2) is 23.3 Å². The van der Waals surface area contributed by atoms with Crippen molar-refractivity contribution in [3.8, 4) is 12.8 Å². The first-order valence-corrected chi connectivity index (χ1v) is 12.5. The molecular weight excluding hydrogens is 432 g/mol. The number of rotatable bonds is 5. The van der Waals surface area contributed by atoms with Gasteiger partial charge in [-0.1, -0.05) is 39.8 Å². The Labute approximate surface area is 205 Å². The number of ether oxygens (including phenoxy) is 1. The highest BCUT2D eigenvalue weighted by atomic mass is 16.5. The van der Waals surface area contributed by atoms with Gasteiger partial charge in [-0.3, -0.25) is 4.79 Å². The largest absolute Gasteiger partial charge is 0.481 e. The van der Waals surface area contributed by atoms with Gasteiger partial charge in [0.2, 0.25) is 0 Å². The number of fused-ring (bicyclic) bond motifs is 3. The van der Waals surface area contributed by atoms with E-state index in [-0.39, 0.29) is 29.3 Å². The Kier molecular flexibility index (Phi) is 11.1. The summed E-state index contributed by atoms with van der Waals surface area (Å²) in [5.74, 6) is -1.03. The summed E-state index contributed by atoms with van der Waals surface area (Å²) in [6.07, 6.45) is 16.5. The molecule has 0 aromatic rings. The van der Waals surface area contributed by atoms with Gasteiger partial charge in [0.15, 0.2) is 0 Å². The fraction of sp³-hybridized carbons (Fsp3) is 0.714. The van der Waals surface area contributed by atoms with Crippen molar-refractivity contribution >= 4 is 11.9 Å². The molecule has 1 spiro atoms. The van der Waals surface area contributed by atoms with E-state index in [9.17, 15) is 19.8 Å². The molecule has 6 nitrogen and oxygen atoms in total. The Bertz CT molecular complexity index is 794. The number of esters is 1. The Hall–Kier alpha value is -2.10. The number of aliphatic hydroxyl groups excluding tert-OH is 2. The first-order chi connectivity index (χ1) is 16.1. The maximum atomic E-state index is 12.0. The van der Waals surface area contributed by atoms with Gasteiger partial charge in [-0.15, -0.1) is 12.8 Å². The summed E-state index contributed by atoms with van der Waals surface area (Å²) in [5.41, 5.74) is 2.25. The Morgan fingerprint density at radius 1 is 1.29 bits per heavy atom. The standard InChI is InChI=1S/C22H30O5.C2H6O.C2H6.C2H2/c1-12(19(24)25)16(13(2)23)9-14-10-22(14)7-4-5-18-17-11-27-20(26)15(17)6-8-21(18,22)3;1-2-3;2*1-2/h4,7,12-14,16,18,23H,5-6,8-11H2,1-3H3,(H,24,25);3H,2H2,1H3;1-2H3;1-2H/t12?,13-,14+,16?,18?,21-,22+;;;/m0.../s1. The zero-order chi connectivity index (χ0) is 26.3. The molecule has 1 saturated carbocycles. The molecule has 6 heteroatoms. The molecule has 3 aliphatic carbocycles. The molecule has 7 atom stereocenters. The first-order valence-electron chi connectivity index (χ1n) is 12.5. The van der Waals surface area contributed by atoms with E-state index in [4.69, 9.17) is 9.84 Å². The number of hydrogen-bond donors (Lipinski definition) is 3. The molecule has 1 fully saturated rings. The van der Waals surface area contributed by atoms with Crippen LogP contribution in [-0.4, -0.2) is 46.6 Å². The van der Waals surface area contributed by atoms with Gasteiger partial charge in [0.05, 0.1) is 12.0 Å². The molecule has 4 aliphatic rings. The number of terminal acetylenes is 1. The van der Waals surface area contributed by atoms with Crippen LogP contribution in [-0.2, 0) is 14.3 Å². The highest BCUT2D eigenvalue weighted by molar-refractivity contribution is 5.92. The molecule has 0 bridgehead atoms. The van der Waals surface area contributed by atoms with Crippen LogP contribution in [0.3, 0.4) is 0 Å². The third-order valence-corrected chi connectivity index (χ3v) is 8.29. The summed E-state index contributed by atoms with van der Waals surface area (Å²) in [7, 11) is 0. The zero-order valence-corrected chi connectivity index (χ0v) is 21.7. The molecule has 4 rings (SSSR count). The molecule has 3 unspecified atom stereocenters. The normalized spacial score (nSPS) is 32.7. The summed E-state index contributed by atoms with van der Waals surface area (Å²) in [5, 5.41) is 27.2. The van der Waals surface area contributed by atoms with Crippen LogP contribution in [0, 0.1) is 47.3 Å². The molecule has 0 aromatic heterocycles. The first kappa shape index (κ1) is 29.9. The van der Waals surface area contributed by atoms with E-state index in [1.54, 1.807) is 20.8 Å². The van der Waals surface area contributed by atoms with Crippen LogP contribution in [0.4, 0.5) is 0 Å². The van der Waals surface area contributed by atoms with Crippen molar-refractivity contribution in [2.75, 3.05) is 13.2 Å². The minimum atomic E-state index is -0.840. The molecular formula is C28H44O6. The second-order valence-corrected chi connectivity index (χ2v) is 9.71. The van der Waals surface area contributed by atoms with E-state index >= 15 is 0 Å². The second-order valence-electron chi connectivity index (χ2n) is 9.71. The van der Waals surface area contributed by atoms with Gasteiger partial charge in [-0.25, -0.2) is 4.79 Å². The van der Waals surface area contributed by atoms with Crippen LogP contribution < -0.4 is 0 Å². The molecule has 0 saturated heterocycles. The molecule has 0 amide bonds. The molecule has 3 N–H and O–H groups in total. The Balaban J connectivity index is 0.000000750. The van der Waals surface area contributed by atoms with Crippen LogP contribution >= 0.6 is 0 Å². The van der Waals surface area contributed by atoms with Gasteiger partial charge in [-0.2, -0.15) is 0 Å². The number of aliphatic carboxylic acids is 1. The highest BCUT2D eigenvalue weighted by Gasteiger charge is 2.67. The number of carboxylic acid groups (broad SMARTS) is 1. The summed E-state index contributed by atoms with van der Waals surface area (Å²) < 4.78 is 5.33. The maximum absolute atomic E-state index is 12.0. The van der Waals surface area contributed by atoms with E-state index in [2.05, 4.69) is 31.9 Å². The SMILES string of the molecule is C#C.CC.CC(C(=O)O)C(C[C@@H]1C[C@]12C=CCC1C3=C(CC[C@@]12C)C(=O)OC3)[C@H](C)O.CCO. The zero-order valence-electron chi connectivity index (χ0n) is 21.7. The van der Waals surface area contributed by atoms with Gasteiger partial charge in [-0.05, 0) is 80.1 Å². The van der Waals surface area contributed by atoms with Gasteiger partial charge in [0.1, 0.15) is 6.61 Å². The summed E-state index contributed by atoms with van der Waals surface area (Å²) in [6.45, 7) is 12.1. The van der Waals surface area contributed by atoms with E-state index in [0.717, 1.165) is 37.7 Å². The summed E-state index contributed by atoms with van der Waals surface area (Å²) >= 11 is 0. The lowest BCUT2D eigenvalue weighted by atomic mass is 9.53. The van der Waals surface area contributed by atoms with E-state index in [1.165, 1.54) is 5.57 Å². The summed E-state index contributed by atoms with van der Waals surface area (Å²) in [4.78, 5) is 23.5. The predicted octanol–water partition coefficient (Wildman–Crippen LogP) is 4.60. The van der Waals surface area contributed by atoms with E-state index < -0.39 is 18.0 Å². The molecule has 1 aliphatic heterocycles. The van der Waals surface area contributed by atoms with Crippen molar-refractivity contribution in [1.29, 1.82) is 0 Å². The number of hydrogen-bond acceptors (Lipinski definition) is 5. The lowest BCUT2D eigenvalue weighted by Crippen LogP contribution is -2.43. The third kappa shape index (κ3) is 5.42. The molecule has 0 radical (unpaired) electrons. The monoisotopic (exact) mass is 476 g/mol. The van der Waals surface area contributed by atoms with Crippen molar-refractivity contribution in [2.45, 2.75) is 79.8 Å². The quantitative estimate of drug-likeness (QED) is 0.304. The van der Waals surface area contributed by atoms with Crippen molar-refractivity contribution in [3.05, 3.63) is 23.3 Å². The fourth-order valence-electron chi connectivity index (χ4n) is 6.41. The van der Waals surface area contributed by atoms with Crippen molar-refractivity contribution in [3.63, 3.8) is 0 Å². The number of carbonyl (C=O) groups excluding carboxylic acids is 1. The van der Waals surface area contributed by atoms with Gasteiger partial charge in [0.25, 0.3) is 0 Å². The van der Waals surface area contributed by atoms with Gasteiger partial charge < -0.3 is 20.1 Å². The number of allylic oxidation sites excluding steroid dienone is 2. The highest BCUT2D eigenvalue weighted by Crippen LogP contribution is 2.74. The minimum absolute atomic E-state index is 0.0610. The van der Waals surface area contributed by atoms with Crippen molar-refractivity contribution in [2.24, 2.45) is 34.5 Å². The average Bonchev–Trinajstić information content (AvgIpc) is 3.39. The van der Waals surface area contributed by atoms with Crippen molar-refractivity contribution in [1.82, 2.24) is 0 Å². The van der Waals surface area contributed by atoms with Gasteiger partial charge >= 0.3 is 11.9 Å². The minimum Gasteiger partial charge on any atom is -0.481 e. The number of carbonyl (C=O) groups is 2. The maximum Gasteiger partial charge on any atom is 0.334 e. The molecule has 0 aromatic carbocycles. The second kappa shape index (κ2) is 12.6. The lowest BCUT2D eigenvalue weighted by Gasteiger charge is -2.50. The van der Waals surface area contributed by atoms with Crippen LogP contribution in [0.25, 0.3) is 0 Å². The van der Waals surface area contributed by atoms with E-state index in [1.807, 2.05) is 13.8 Å². The number of aliphatic hydroxyl groups is 2. The van der Waals surface area contributed by atoms with Crippen LogP contribution in [0.5, 0.6) is 0 Å². The Morgan fingerprint density at radius 3 is 2.41 bits per heavy atom. The average molecular weight is 477 g/mol. The predicted molar refractivity (Wildman–Crippen MR) is 134 cm³/mol. The fourth-order valence-corrected chi connectivity index (χ4v) is 6.41. The molecule has 1 heterocycles. The summed E-state index contributed by atoms with van der Waals surface area (Å²) in [6, 6.07) is 0. The van der Waals surface area contributed by atoms with E-state index in [0.29, 0.717) is 18.4 Å². The number of cyclic esters (lactones) is 1. The Morgan fingerprint density at radius 2 is 1.88 bits per heavy atom. The number of carboxylic acids is 1. The molecule has 192 valence electrons. The molecule has 34 heavy (non-hydrogen) atoms. The van der Waals surface area contributed by atoms with Gasteiger partial charge in [0, 0.05) is 12.2 Å². The van der Waals surface area contributed by atoms with Crippen LogP contribution in [0.2, 0.25) is 0 Å². The van der Waals surface area contributed by atoms with Crippen molar-refractivity contribution < 1.29 is 29.6 Å². The van der Waals surface area contributed by atoms with Crippen LogP contribution in [0.1, 0.15) is 73.6 Å².